The van der Waals surface area contributed by atoms with E-state index in [2.05, 4.69) is 10.3 Å². The third-order valence-electron chi connectivity index (χ3n) is 3.09. The molecule has 0 saturated carbocycles. The van der Waals surface area contributed by atoms with Gasteiger partial charge in [-0.15, -0.1) is 0 Å². The molecule has 5 nitrogen and oxygen atoms in total. The number of carboxylic acids is 1. The summed E-state index contributed by atoms with van der Waals surface area (Å²) in [5.41, 5.74) is -0.135. The zero-order valence-electron chi connectivity index (χ0n) is 11.8. The molecule has 8 heteroatoms. The lowest BCUT2D eigenvalue weighted by Gasteiger charge is -2.14. The van der Waals surface area contributed by atoms with Crippen molar-refractivity contribution in [2.75, 3.05) is 6.54 Å². The molecule has 0 aliphatic heterocycles. The average Bonchev–Trinajstić information content (AvgIpc) is 2.47. The highest BCUT2D eigenvalue weighted by Gasteiger charge is 2.22. The van der Waals surface area contributed by atoms with E-state index < -0.39 is 23.7 Å². The van der Waals surface area contributed by atoms with Gasteiger partial charge in [0.05, 0.1) is 17.8 Å². The van der Waals surface area contributed by atoms with Gasteiger partial charge in [-0.2, -0.15) is 0 Å². The van der Waals surface area contributed by atoms with Gasteiger partial charge in [0.2, 0.25) is 0 Å². The lowest BCUT2D eigenvalue weighted by Crippen LogP contribution is -2.22. The first-order valence-corrected chi connectivity index (χ1v) is 6.95. The van der Waals surface area contributed by atoms with E-state index in [4.69, 9.17) is 16.7 Å². The maximum absolute atomic E-state index is 13.4. The molecule has 0 saturated heterocycles. The maximum atomic E-state index is 13.4. The lowest BCUT2D eigenvalue weighted by molar-refractivity contribution is -0.136. The maximum Gasteiger partial charge on any atom is 0.317 e. The standard InChI is InChI=1S/C15H13ClF2N2O3/c16-9-3-1-2-8(4-9)10-5-20-11(6-19-7-12(21)22)14(23)13(10)15(17)18/h1-5,15,19,23H,6-7H2,(H,21,22). The van der Waals surface area contributed by atoms with Crippen molar-refractivity contribution in [3.63, 3.8) is 0 Å². The zero-order valence-corrected chi connectivity index (χ0v) is 12.5. The first-order valence-electron chi connectivity index (χ1n) is 6.57. The van der Waals surface area contributed by atoms with Crippen molar-refractivity contribution in [2.24, 2.45) is 0 Å². The minimum absolute atomic E-state index is 0.0488. The number of carboxylic acid groups (broad SMARTS) is 1. The molecule has 1 aromatic carbocycles. The van der Waals surface area contributed by atoms with Crippen molar-refractivity contribution in [3.05, 3.63) is 46.7 Å². The number of pyridine rings is 1. The summed E-state index contributed by atoms with van der Waals surface area (Å²) < 4.78 is 26.7. The van der Waals surface area contributed by atoms with Crippen LogP contribution < -0.4 is 5.32 Å². The molecule has 0 bridgehead atoms. The molecule has 0 aliphatic carbocycles. The number of nitrogens with one attached hydrogen (secondary N) is 1. The summed E-state index contributed by atoms with van der Waals surface area (Å²) >= 11 is 5.86. The van der Waals surface area contributed by atoms with Crippen LogP contribution in [0.1, 0.15) is 17.7 Å². The van der Waals surface area contributed by atoms with E-state index in [0.717, 1.165) is 0 Å². The Kier molecular flexibility index (Phi) is 5.46. The number of aliphatic carboxylic acids is 1. The van der Waals surface area contributed by atoms with Gasteiger partial charge in [-0.3, -0.25) is 9.78 Å². The molecule has 2 aromatic rings. The summed E-state index contributed by atoms with van der Waals surface area (Å²) in [7, 11) is 0. The molecule has 0 spiro atoms. The largest absolute Gasteiger partial charge is 0.505 e. The molecule has 23 heavy (non-hydrogen) atoms. The van der Waals surface area contributed by atoms with Gasteiger partial charge in [0.15, 0.2) is 0 Å². The summed E-state index contributed by atoms with van der Waals surface area (Å²) in [5, 5.41) is 21.5. The highest BCUT2D eigenvalue weighted by atomic mass is 35.5. The predicted molar refractivity (Wildman–Crippen MR) is 80.6 cm³/mol. The summed E-state index contributed by atoms with van der Waals surface area (Å²) in [6.07, 6.45) is -1.71. The van der Waals surface area contributed by atoms with Gasteiger partial charge in [-0.1, -0.05) is 23.7 Å². The number of hydrogen-bond acceptors (Lipinski definition) is 4. The topological polar surface area (TPSA) is 82.5 Å². The van der Waals surface area contributed by atoms with Crippen molar-refractivity contribution in [1.82, 2.24) is 10.3 Å². The number of aromatic hydroxyl groups is 1. The van der Waals surface area contributed by atoms with Crippen LogP contribution in [-0.2, 0) is 11.3 Å². The van der Waals surface area contributed by atoms with Gasteiger partial charge in [0, 0.05) is 23.3 Å². The Labute approximate surface area is 135 Å². The smallest absolute Gasteiger partial charge is 0.317 e. The number of hydrogen-bond donors (Lipinski definition) is 3. The monoisotopic (exact) mass is 342 g/mol. The van der Waals surface area contributed by atoms with Crippen LogP contribution in [-0.4, -0.2) is 27.7 Å². The Morgan fingerprint density at radius 2 is 2.13 bits per heavy atom. The van der Waals surface area contributed by atoms with Crippen LogP contribution in [0, 0.1) is 0 Å². The molecule has 0 amide bonds. The normalized spacial score (nSPS) is 11.0. The molecule has 1 heterocycles. The number of rotatable bonds is 6. The number of carbonyl (C=O) groups is 1. The van der Waals surface area contributed by atoms with Gasteiger partial charge in [-0.05, 0) is 17.7 Å². The van der Waals surface area contributed by atoms with E-state index in [1.807, 2.05) is 0 Å². The average molecular weight is 343 g/mol. The van der Waals surface area contributed by atoms with Crippen LogP contribution in [0.15, 0.2) is 30.5 Å². The Hall–Kier alpha value is -2.25. The lowest BCUT2D eigenvalue weighted by atomic mass is 10.0. The molecule has 0 fully saturated rings. The number of halogens is 3. The van der Waals surface area contributed by atoms with Crippen LogP contribution in [0.2, 0.25) is 5.02 Å². The van der Waals surface area contributed by atoms with Gasteiger partial charge >= 0.3 is 5.97 Å². The van der Waals surface area contributed by atoms with E-state index in [1.165, 1.54) is 12.3 Å². The van der Waals surface area contributed by atoms with Crippen LogP contribution in [0.25, 0.3) is 11.1 Å². The van der Waals surface area contributed by atoms with E-state index in [-0.39, 0.29) is 24.3 Å². The Balaban J connectivity index is 2.41. The minimum Gasteiger partial charge on any atom is -0.505 e. The van der Waals surface area contributed by atoms with Crippen LogP contribution in [0.5, 0.6) is 5.75 Å². The van der Waals surface area contributed by atoms with E-state index >= 15 is 0 Å². The fourth-order valence-electron chi connectivity index (χ4n) is 2.08. The number of benzene rings is 1. The fraction of sp³-hybridized carbons (Fsp3) is 0.200. The van der Waals surface area contributed by atoms with E-state index in [9.17, 15) is 18.7 Å². The molecule has 0 unspecified atom stereocenters. The minimum atomic E-state index is -2.93. The second-order valence-corrected chi connectivity index (χ2v) is 5.13. The van der Waals surface area contributed by atoms with Gasteiger partial charge in [0.25, 0.3) is 6.43 Å². The molecule has 0 radical (unpaired) electrons. The quantitative estimate of drug-likeness (QED) is 0.751. The second-order valence-electron chi connectivity index (χ2n) is 4.69. The first-order chi connectivity index (χ1) is 10.9. The van der Waals surface area contributed by atoms with Crippen LogP contribution >= 0.6 is 11.6 Å². The SMILES string of the molecule is O=C(O)CNCc1ncc(-c2cccc(Cl)c2)c(C(F)F)c1O. The fourth-order valence-corrected chi connectivity index (χ4v) is 2.27. The summed E-state index contributed by atoms with van der Waals surface area (Å²) in [5.74, 6) is -1.76. The number of aromatic nitrogens is 1. The van der Waals surface area contributed by atoms with Crippen LogP contribution in [0.4, 0.5) is 8.78 Å². The molecule has 2 rings (SSSR count). The molecule has 3 N–H and O–H groups in total. The number of nitrogens with zero attached hydrogens (tertiary/aromatic N) is 1. The van der Waals surface area contributed by atoms with Crippen molar-refractivity contribution in [3.8, 4) is 16.9 Å². The molecule has 122 valence electrons. The predicted octanol–water partition coefficient (Wildman–Crippen LogP) is 3.22. The Morgan fingerprint density at radius 3 is 2.74 bits per heavy atom. The van der Waals surface area contributed by atoms with Crippen molar-refractivity contribution in [2.45, 2.75) is 13.0 Å². The second kappa shape index (κ2) is 7.34. The van der Waals surface area contributed by atoms with Crippen molar-refractivity contribution in [1.29, 1.82) is 0 Å². The first kappa shape index (κ1) is 17.1. The Morgan fingerprint density at radius 1 is 1.39 bits per heavy atom. The van der Waals surface area contributed by atoms with Crippen LogP contribution in [0.3, 0.4) is 0 Å². The third-order valence-corrected chi connectivity index (χ3v) is 3.33. The molecular formula is C15H13ClF2N2O3. The third kappa shape index (κ3) is 4.14. The molecular weight excluding hydrogens is 330 g/mol. The van der Waals surface area contributed by atoms with Gasteiger partial charge < -0.3 is 15.5 Å². The van der Waals surface area contributed by atoms with Crippen molar-refractivity contribution < 1.29 is 23.8 Å². The highest BCUT2D eigenvalue weighted by Crippen LogP contribution is 2.38. The van der Waals surface area contributed by atoms with E-state index in [1.54, 1.807) is 18.2 Å². The van der Waals surface area contributed by atoms with Gasteiger partial charge in [-0.25, -0.2) is 8.78 Å². The molecule has 0 atom stereocenters. The van der Waals surface area contributed by atoms with E-state index in [0.29, 0.717) is 10.6 Å². The van der Waals surface area contributed by atoms with Gasteiger partial charge in [0.1, 0.15) is 5.75 Å². The Bertz CT molecular complexity index is 726. The summed E-state index contributed by atoms with van der Waals surface area (Å²) in [4.78, 5) is 14.4. The van der Waals surface area contributed by atoms with Crippen molar-refractivity contribution >= 4 is 17.6 Å². The molecule has 1 aromatic heterocycles. The summed E-state index contributed by atoms with van der Waals surface area (Å²) in [6, 6.07) is 6.28. The zero-order chi connectivity index (χ0) is 17.0. The number of alkyl halides is 2. The molecule has 0 aliphatic rings. The highest BCUT2D eigenvalue weighted by molar-refractivity contribution is 6.30. The summed E-state index contributed by atoms with van der Waals surface area (Å²) in [6.45, 7) is -0.519.